The number of rotatable bonds is 2. The lowest BCUT2D eigenvalue weighted by molar-refractivity contribution is 0.0980. The quantitative estimate of drug-likeness (QED) is 0.762. The number of anilines is 1. The first-order valence-corrected chi connectivity index (χ1v) is 8.05. The predicted octanol–water partition coefficient (Wildman–Crippen LogP) is 3.98. The second-order valence-corrected chi connectivity index (χ2v) is 5.89. The summed E-state index contributed by atoms with van der Waals surface area (Å²) in [7, 11) is 0. The Hall–Kier alpha value is -3.18. The number of hydrogen-bond donors (Lipinski definition) is 1. The third-order valence-electron chi connectivity index (χ3n) is 3.81. The highest BCUT2D eigenvalue weighted by atomic mass is 35.5. The molecule has 1 aliphatic rings. The van der Waals surface area contributed by atoms with Crippen molar-refractivity contribution in [3.05, 3.63) is 89.2 Å². The Labute approximate surface area is 149 Å². The lowest BCUT2D eigenvalue weighted by Crippen LogP contribution is -2.48. The van der Waals surface area contributed by atoms with Crippen LogP contribution < -0.4 is 10.4 Å². The summed E-state index contributed by atoms with van der Waals surface area (Å²) in [5, 5.41) is 2.06. The molecule has 122 valence electrons. The molecule has 1 aromatic heterocycles. The zero-order valence-electron chi connectivity index (χ0n) is 13.1. The number of hydrazine groups is 1. The third-order valence-corrected chi connectivity index (χ3v) is 4.06. The third kappa shape index (κ3) is 2.97. The molecule has 2 heterocycles. The Kier molecular flexibility index (Phi) is 3.91. The molecule has 1 amide bonds. The Morgan fingerprint density at radius 1 is 1.00 bits per heavy atom. The number of carbonyl (C=O) groups is 1. The van der Waals surface area contributed by atoms with Crippen LogP contribution >= 0.6 is 11.6 Å². The number of hydrogen-bond acceptors (Lipinski definition) is 4. The molecule has 0 atom stereocenters. The van der Waals surface area contributed by atoms with Crippen LogP contribution in [0.5, 0.6) is 0 Å². The molecule has 1 aliphatic heterocycles. The fourth-order valence-electron chi connectivity index (χ4n) is 2.57. The van der Waals surface area contributed by atoms with Gasteiger partial charge in [0.15, 0.2) is 5.84 Å². The van der Waals surface area contributed by atoms with E-state index in [1.165, 1.54) is 5.01 Å². The SMILES string of the molecule is O=C(c1ccc(Cl)cc1)N1NC(c2ccccc2)=Nc2cnccc21. The Bertz CT molecular complexity index is 955. The molecule has 0 fully saturated rings. The molecule has 2 aromatic carbocycles. The number of fused-ring (bicyclic) bond motifs is 1. The second kappa shape index (κ2) is 6.37. The van der Waals surface area contributed by atoms with Crippen molar-refractivity contribution >= 4 is 34.7 Å². The van der Waals surface area contributed by atoms with Crippen LogP contribution in [0.2, 0.25) is 5.02 Å². The van der Waals surface area contributed by atoms with Crippen molar-refractivity contribution in [3.63, 3.8) is 0 Å². The minimum absolute atomic E-state index is 0.201. The van der Waals surface area contributed by atoms with E-state index in [9.17, 15) is 4.79 Å². The van der Waals surface area contributed by atoms with Crippen molar-refractivity contribution in [2.75, 3.05) is 5.01 Å². The van der Waals surface area contributed by atoms with E-state index in [0.717, 1.165) is 5.56 Å². The van der Waals surface area contributed by atoms with Gasteiger partial charge in [0, 0.05) is 22.3 Å². The number of benzene rings is 2. The Balaban J connectivity index is 1.77. The maximum atomic E-state index is 13.0. The highest BCUT2D eigenvalue weighted by molar-refractivity contribution is 6.30. The van der Waals surface area contributed by atoms with Crippen LogP contribution in [0.3, 0.4) is 0 Å². The molecule has 25 heavy (non-hydrogen) atoms. The minimum Gasteiger partial charge on any atom is -0.274 e. The first-order valence-electron chi connectivity index (χ1n) is 7.67. The zero-order chi connectivity index (χ0) is 17.2. The van der Waals surface area contributed by atoms with Gasteiger partial charge >= 0.3 is 0 Å². The van der Waals surface area contributed by atoms with Crippen molar-refractivity contribution in [2.45, 2.75) is 0 Å². The largest absolute Gasteiger partial charge is 0.277 e. The molecule has 0 saturated carbocycles. The number of nitrogens with zero attached hydrogens (tertiary/aromatic N) is 3. The maximum absolute atomic E-state index is 13.0. The predicted molar refractivity (Wildman–Crippen MR) is 98.3 cm³/mol. The van der Waals surface area contributed by atoms with Gasteiger partial charge in [0.1, 0.15) is 5.69 Å². The van der Waals surface area contributed by atoms with Gasteiger partial charge in [-0.25, -0.2) is 10.0 Å². The van der Waals surface area contributed by atoms with Crippen LogP contribution in [0, 0.1) is 0 Å². The number of amidine groups is 1. The van der Waals surface area contributed by atoms with Crippen molar-refractivity contribution in [1.82, 2.24) is 10.4 Å². The molecule has 1 N–H and O–H groups in total. The summed E-state index contributed by atoms with van der Waals surface area (Å²) >= 11 is 5.92. The topological polar surface area (TPSA) is 57.6 Å². The van der Waals surface area contributed by atoms with Gasteiger partial charge in [-0.15, -0.1) is 0 Å². The van der Waals surface area contributed by atoms with Crippen molar-refractivity contribution in [1.29, 1.82) is 0 Å². The summed E-state index contributed by atoms with van der Waals surface area (Å²) in [5.74, 6) is 0.385. The van der Waals surface area contributed by atoms with Crippen LogP contribution in [0.4, 0.5) is 11.4 Å². The molecule has 4 rings (SSSR count). The summed E-state index contributed by atoms with van der Waals surface area (Å²) in [6.45, 7) is 0. The van der Waals surface area contributed by atoms with Crippen molar-refractivity contribution < 1.29 is 4.79 Å². The van der Waals surface area contributed by atoms with Crippen LogP contribution in [0.1, 0.15) is 15.9 Å². The summed E-state index contributed by atoms with van der Waals surface area (Å²) in [5.41, 5.74) is 5.79. The fourth-order valence-corrected chi connectivity index (χ4v) is 2.70. The lowest BCUT2D eigenvalue weighted by Gasteiger charge is -2.29. The number of amides is 1. The number of halogens is 1. The maximum Gasteiger partial charge on any atom is 0.277 e. The monoisotopic (exact) mass is 348 g/mol. The van der Waals surface area contributed by atoms with E-state index in [2.05, 4.69) is 15.4 Å². The zero-order valence-corrected chi connectivity index (χ0v) is 13.8. The summed E-state index contributed by atoms with van der Waals surface area (Å²) in [6, 6.07) is 18.2. The van der Waals surface area contributed by atoms with Gasteiger partial charge in [-0.2, -0.15) is 0 Å². The van der Waals surface area contributed by atoms with Gasteiger partial charge in [0.25, 0.3) is 5.91 Å². The number of nitrogens with one attached hydrogen (secondary N) is 1. The molecule has 5 nitrogen and oxygen atoms in total. The van der Waals surface area contributed by atoms with Crippen LogP contribution in [0.25, 0.3) is 0 Å². The van der Waals surface area contributed by atoms with Gasteiger partial charge in [0.2, 0.25) is 0 Å². The minimum atomic E-state index is -0.201. The van der Waals surface area contributed by atoms with E-state index in [4.69, 9.17) is 11.6 Å². The Morgan fingerprint density at radius 2 is 1.76 bits per heavy atom. The molecule has 0 bridgehead atoms. The molecule has 6 heteroatoms. The standard InChI is InChI=1S/C19H13ClN4O/c20-15-8-6-14(7-9-15)19(25)24-17-10-11-21-12-16(17)22-18(23-24)13-4-2-1-3-5-13/h1-12H,(H,22,23). The summed E-state index contributed by atoms with van der Waals surface area (Å²) in [4.78, 5) is 21.7. The summed E-state index contributed by atoms with van der Waals surface area (Å²) < 4.78 is 0. The second-order valence-electron chi connectivity index (χ2n) is 5.45. The molecule has 3 aromatic rings. The molecular formula is C19H13ClN4O. The summed E-state index contributed by atoms with van der Waals surface area (Å²) in [6.07, 6.45) is 3.27. The van der Waals surface area contributed by atoms with Crippen LogP contribution in [-0.4, -0.2) is 16.7 Å². The molecule has 0 unspecified atom stereocenters. The average molecular weight is 349 g/mol. The van der Waals surface area contributed by atoms with E-state index in [0.29, 0.717) is 27.8 Å². The molecule has 0 radical (unpaired) electrons. The highest BCUT2D eigenvalue weighted by Gasteiger charge is 2.26. The van der Waals surface area contributed by atoms with Crippen molar-refractivity contribution in [2.24, 2.45) is 4.99 Å². The smallest absolute Gasteiger partial charge is 0.274 e. The molecular weight excluding hydrogens is 336 g/mol. The van der Waals surface area contributed by atoms with E-state index in [-0.39, 0.29) is 5.91 Å². The normalized spacial score (nSPS) is 12.8. The van der Waals surface area contributed by atoms with Gasteiger partial charge in [0.05, 0.1) is 11.9 Å². The average Bonchev–Trinajstić information content (AvgIpc) is 2.68. The van der Waals surface area contributed by atoms with E-state index in [1.54, 1.807) is 42.7 Å². The van der Waals surface area contributed by atoms with Gasteiger partial charge < -0.3 is 0 Å². The van der Waals surface area contributed by atoms with E-state index in [1.807, 2.05) is 30.3 Å². The number of aromatic nitrogens is 1. The van der Waals surface area contributed by atoms with Crippen molar-refractivity contribution in [3.8, 4) is 0 Å². The van der Waals surface area contributed by atoms with Gasteiger partial charge in [-0.3, -0.25) is 15.2 Å². The number of carbonyl (C=O) groups excluding carboxylic acids is 1. The lowest BCUT2D eigenvalue weighted by atomic mass is 10.1. The van der Waals surface area contributed by atoms with Gasteiger partial charge in [-0.05, 0) is 30.3 Å². The van der Waals surface area contributed by atoms with E-state index >= 15 is 0 Å². The number of pyridine rings is 1. The Morgan fingerprint density at radius 3 is 2.52 bits per heavy atom. The molecule has 0 saturated heterocycles. The molecule has 0 spiro atoms. The first-order chi connectivity index (χ1) is 12.2. The van der Waals surface area contributed by atoms with E-state index < -0.39 is 0 Å². The fraction of sp³-hybridized carbons (Fsp3) is 0. The number of aliphatic imine (C=N–C) groups is 1. The first kappa shape index (κ1) is 15.4. The van der Waals surface area contributed by atoms with Gasteiger partial charge in [-0.1, -0.05) is 41.9 Å². The highest BCUT2D eigenvalue weighted by Crippen LogP contribution is 2.31. The molecule has 0 aliphatic carbocycles. The van der Waals surface area contributed by atoms with Crippen LogP contribution in [-0.2, 0) is 0 Å². The van der Waals surface area contributed by atoms with Crippen LogP contribution in [0.15, 0.2) is 78.0 Å².